The third-order valence-corrected chi connectivity index (χ3v) is 14.5. The van der Waals surface area contributed by atoms with Crippen LogP contribution in [0.3, 0.4) is 0 Å². The summed E-state index contributed by atoms with van der Waals surface area (Å²) >= 11 is 0. The standard InChI is InChI=1S/C27H22NO.C22H23N2.C13H24O2.Ir/c1-17-14-23-22-8-4-5-9-25(22)29-27(23)24(15-17)26-21-11-10-19(18-6-2-3-7-18)16-20(21)12-13-28-26;1-14-10-15(2)12-19(11-14)22-20-9-8-18(17-6-4-5-7-17)13-21(20)23-16(3)24-22;1-5-10(6-2)12(14)9-13(15)11(7-3)8-4;/h4-5,8-14,16,18H,2-3,6-7H2,1H3;8-11,13,17H,4-7H2,1-3H3;9-11,14H,5-8H2,1-4H3;/q2*-1;;/b;;12-9-;. The van der Waals surface area contributed by atoms with Crippen molar-refractivity contribution in [3.63, 3.8) is 0 Å². The molecule has 0 amide bonds. The molecule has 0 spiro atoms. The molecule has 5 aromatic carbocycles. The number of aliphatic hydroxyl groups is 1. The van der Waals surface area contributed by atoms with Crippen LogP contribution in [-0.2, 0) is 24.9 Å². The number of carbonyl (C=O) groups is 1. The van der Waals surface area contributed by atoms with Crippen molar-refractivity contribution < 1.29 is 34.4 Å². The van der Waals surface area contributed by atoms with Crippen LogP contribution in [0.25, 0.3) is 66.1 Å². The third kappa shape index (κ3) is 11.8. The molecule has 6 nitrogen and oxygen atoms in total. The van der Waals surface area contributed by atoms with Gasteiger partial charge in [0.25, 0.3) is 0 Å². The van der Waals surface area contributed by atoms with Gasteiger partial charge in [-0.2, -0.15) is 0 Å². The van der Waals surface area contributed by atoms with Gasteiger partial charge in [0, 0.05) is 49.6 Å². The van der Waals surface area contributed by atoms with Gasteiger partial charge in [-0.3, -0.25) is 9.78 Å². The van der Waals surface area contributed by atoms with E-state index in [0.29, 0.717) is 11.8 Å². The monoisotopic (exact) mass is 1100 g/mol. The van der Waals surface area contributed by atoms with Crippen LogP contribution in [0, 0.1) is 51.7 Å². The number of aliphatic hydroxyl groups excluding tert-OH is 1. The number of aryl methyl sites for hydroxylation is 4. The minimum absolute atomic E-state index is 0. The molecule has 0 bridgehead atoms. The number of nitrogens with zero attached hydrogens (tertiary/aromatic N) is 3. The summed E-state index contributed by atoms with van der Waals surface area (Å²) < 4.78 is 6.28. The molecule has 2 aliphatic carbocycles. The van der Waals surface area contributed by atoms with Crippen molar-refractivity contribution >= 4 is 49.4 Å². The van der Waals surface area contributed by atoms with Gasteiger partial charge in [-0.15, -0.1) is 52.6 Å². The summed E-state index contributed by atoms with van der Waals surface area (Å²) in [5, 5.41) is 15.6. The Hall–Kier alpha value is -5.49. The van der Waals surface area contributed by atoms with Gasteiger partial charge in [-0.05, 0) is 127 Å². The number of para-hydroxylation sites is 1. The first kappa shape index (κ1) is 51.4. The summed E-state index contributed by atoms with van der Waals surface area (Å²) in [5.74, 6) is 2.80. The predicted octanol–water partition coefficient (Wildman–Crippen LogP) is 17.1. The van der Waals surface area contributed by atoms with E-state index < -0.39 is 0 Å². The topological polar surface area (TPSA) is 89.1 Å². The zero-order chi connectivity index (χ0) is 47.9. The fourth-order valence-corrected chi connectivity index (χ4v) is 10.8. The van der Waals surface area contributed by atoms with E-state index in [1.807, 2.05) is 52.9 Å². The van der Waals surface area contributed by atoms with Gasteiger partial charge < -0.3 is 14.5 Å². The molecule has 0 saturated heterocycles. The van der Waals surface area contributed by atoms with E-state index in [1.54, 1.807) is 0 Å². The van der Waals surface area contributed by atoms with Gasteiger partial charge in [0.2, 0.25) is 0 Å². The molecule has 0 atom stereocenters. The van der Waals surface area contributed by atoms with Crippen LogP contribution in [0.4, 0.5) is 0 Å². The average molecular weight is 1100 g/mol. The van der Waals surface area contributed by atoms with Crippen LogP contribution >= 0.6 is 0 Å². The maximum Gasteiger partial charge on any atom is 0.162 e. The average Bonchev–Trinajstić information content (AvgIpc) is 4.15. The van der Waals surface area contributed by atoms with Gasteiger partial charge >= 0.3 is 0 Å². The summed E-state index contributed by atoms with van der Waals surface area (Å²) in [6.07, 6.45) is 17.5. The van der Waals surface area contributed by atoms with E-state index in [4.69, 9.17) is 19.4 Å². The Labute approximate surface area is 423 Å². The van der Waals surface area contributed by atoms with Gasteiger partial charge in [-0.25, -0.2) is 4.98 Å². The van der Waals surface area contributed by atoms with Crippen molar-refractivity contribution in [3.8, 4) is 22.5 Å². The maximum absolute atomic E-state index is 11.7. The Balaban J connectivity index is 0.000000160. The van der Waals surface area contributed by atoms with E-state index >= 15 is 0 Å². The molecule has 3 heterocycles. The minimum Gasteiger partial charge on any atom is -0.512 e. The van der Waals surface area contributed by atoms with Crippen molar-refractivity contribution in [1.29, 1.82) is 0 Å². The number of carbonyl (C=O) groups excluding carboxylic acids is 1. The fourth-order valence-electron chi connectivity index (χ4n) is 10.8. The second kappa shape index (κ2) is 23.4. The predicted molar refractivity (Wildman–Crippen MR) is 282 cm³/mol. The van der Waals surface area contributed by atoms with Crippen LogP contribution in [0.2, 0.25) is 0 Å². The molecular weight excluding hydrogens is 1030 g/mol. The van der Waals surface area contributed by atoms with Crippen molar-refractivity contribution in [2.45, 2.75) is 144 Å². The molecule has 361 valence electrons. The van der Waals surface area contributed by atoms with E-state index in [1.165, 1.54) is 79.5 Å². The molecule has 8 aromatic rings. The number of hydrogen-bond acceptors (Lipinski definition) is 6. The number of allylic oxidation sites excluding steroid dienone is 2. The Morgan fingerprint density at radius 1 is 0.681 bits per heavy atom. The number of ketones is 1. The van der Waals surface area contributed by atoms with E-state index in [9.17, 15) is 9.90 Å². The van der Waals surface area contributed by atoms with Crippen molar-refractivity contribution in [1.82, 2.24) is 15.0 Å². The third-order valence-electron chi connectivity index (χ3n) is 14.5. The molecule has 1 radical (unpaired) electrons. The van der Waals surface area contributed by atoms with Gasteiger partial charge in [0.05, 0.1) is 16.9 Å². The van der Waals surface area contributed by atoms with Crippen molar-refractivity contribution in [3.05, 3.63) is 149 Å². The molecule has 2 fully saturated rings. The molecule has 7 heteroatoms. The second-order valence-electron chi connectivity index (χ2n) is 19.4. The van der Waals surface area contributed by atoms with E-state index in [2.05, 4.69) is 106 Å². The van der Waals surface area contributed by atoms with Gasteiger partial charge in [0.1, 0.15) is 11.4 Å². The Morgan fingerprint density at radius 2 is 1.30 bits per heavy atom. The molecule has 0 unspecified atom stereocenters. The summed E-state index contributed by atoms with van der Waals surface area (Å²) in [7, 11) is 0. The molecule has 1 N–H and O–H groups in total. The molecule has 2 aliphatic rings. The van der Waals surface area contributed by atoms with Gasteiger partial charge in [-0.1, -0.05) is 134 Å². The number of rotatable bonds is 11. The first-order valence-corrected chi connectivity index (χ1v) is 25.4. The zero-order valence-corrected chi connectivity index (χ0v) is 44.4. The first-order chi connectivity index (χ1) is 33.0. The SMILES string of the molecule is CCC(CC)C(=O)/C=C(\O)C(CC)CC.Cc1[c-]c(-c2nc(C)nc3cc(C4CCCC4)ccc23)cc(C)c1.Cc1[c-]c(-c2nccc3cc(C4CCCC4)ccc23)c2oc3ccccc3c2c1.[Ir]. The fraction of sp³-hybridized carbons (Fsp3) is 0.387. The van der Waals surface area contributed by atoms with Crippen LogP contribution in [0.5, 0.6) is 0 Å². The smallest absolute Gasteiger partial charge is 0.162 e. The van der Waals surface area contributed by atoms with Crippen LogP contribution in [0.1, 0.15) is 150 Å². The molecule has 69 heavy (non-hydrogen) atoms. The second-order valence-corrected chi connectivity index (χ2v) is 19.4. The van der Waals surface area contributed by atoms with Crippen molar-refractivity contribution in [2.24, 2.45) is 11.8 Å². The molecular formula is C62H69IrN3O3-2. The van der Waals surface area contributed by atoms with E-state index in [-0.39, 0.29) is 43.5 Å². The number of aromatic nitrogens is 3. The largest absolute Gasteiger partial charge is 0.512 e. The number of furan rings is 1. The quantitative estimate of drug-likeness (QED) is 0.0789. The summed E-state index contributed by atoms with van der Waals surface area (Å²) in [6, 6.07) is 37.5. The molecule has 10 rings (SSSR count). The Bertz CT molecular complexity index is 3050. The Kier molecular flexibility index (Phi) is 17.4. The first-order valence-electron chi connectivity index (χ1n) is 25.4. The summed E-state index contributed by atoms with van der Waals surface area (Å²) in [5.41, 5.74) is 13.2. The number of benzene rings is 5. The minimum atomic E-state index is 0. The maximum atomic E-state index is 11.7. The van der Waals surface area contributed by atoms with Crippen LogP contribution < -0.4 is 0 Å². The van der Waals surface area contributed by atoms with Crippen LogP contribution in [0.15, 0.2) is 107 Å². The zero-order valence-electron chi connectivity index (χ0n) is 42.0. The summed E-state index contributed by atoms with van der Waals surface area (Å²) in [6.45, 7) is 16.4. The summed E-state index contributed by atoms with van der Waals surface area (Å²) in [4.78, 5) is 25.9. The van der Waals surface area contributed by atoms with E-state index in [0.717, 1.165) is 103 Å². The van der Waals surface area contributed by atoms with Gasteiger partial charge in [0.15, 0.2) is 5.78 Å². The molecule has 3 aromatic heterocycles. The van der Waals surface area contributed by atoms with Crippen LogP contribution in [-0.4, -0.2) is 25.8 Å². The Morgan fingerprint density at radius 3 is 1.96 bits per heavy atom. The molecule has 2 saturated carbocycles. The number of hydrogen-bond donors (Lipinski definition) is 1. The number of pyridine rings is 1. The van der Waals surface area contributed by atoms with Crippen molar-refractivity contribution in [2.75, 3.05) is 0 Å². The molecule has 0 aliphatic heterocycles. The number of fused-ring (bicyclic) bond motifs is 5. The normalized spacial score (nSPS) is 14.4.